The average molecular weight is 237 g/mol. The van der Waals surface area contributed by atoms with Crippen molar-refractivity contribution in [1.29, 1.82) is 0 Å². The van der Waals surface area contributed by atoms with Crippen molar-refractivity contribution in [3.63, 3.8) is 0 Å². The summed E-state index contributed by atoms with van der Waals surface area (Å²) in [4.78, 5) is 4.46. The van der Waals surface area contributed by atoms with Crippen molar-refractivity contribution in [3.8, 4) is 0 Å². The van der Waals surface area contributed by atoms with Gasteiger partial charge in [0.15, 0.2) is 0 Å². The third kappa shape index (κ3) is 2.09. The highest BCUT2D eigenvalue weighted by atomic mass is 16.5. The van der Waals surface area contributed by atoms with Crippen molar-refractivity contribution < 1.29 is 9.26 Å². The van der Waals surface area contributed by atoms with Crippen LogP contribution in [-0.2, 0) is 10.3 Å². The molecule has 1 aliphatic carbocycles. The number of ether oxygens (including phenoxy) is 1. The summed E-state index contributed by atoms with van der Waals surface area (Å²) in [7, 11) is 0. The topological polar surface area (TPSA) is 74.2 Å². The van der Waals surface area contributed by atoms with E-state index in [1.165, 1.54) is 6.42 Å². The fourth-order valence-corrected chi connectivity index (χ4v) is 2.75. The van der Waals surface area contributed by atoms with Crippen LogP contribution < -0.4 is 5.73 Å². The van der Waals surface area contributed by atoms with E-state index in [1.807, 2.05) is 0 Å². The summed E-state index contributed by atoms with van der Waals surface area (Å²) >= 11 is 0. The third-order valence-corrected chi connectivity index (χ3v) is 3.83. The molecule has 1 saturated heterocycles. The number of aromatic nitrogens is 2. The summed E-state index contributed by atoms with van der Waals surface area (Å²) in [5, 5.41) is 4.03. The molecule has 0 spiro atoms. The van der Waals surface area contributed by atoms with Crippen LogP contribution in [0.25, 0.3) is 0 Å². The van der Waals surface area contributed by atoms with Crippen molar-refractivity contribution in [2.24, 2.45) is 5.73 Å². The molecule has 0 aromatic carbocycles. The second-order valence-corrected chi connectivity index (χ2v) is 5.18. The van der Waals surface area contributed by atoms with Gasteiger partial charge < -0.3 is 15.0 Å². The molecule has 1 aliphatic heterocycles. The predicted octanol–water partition coefficient (Wildman–Crippen LogP) is 2.04. The van der Waals surface area contributed by atoms with Crippen LogP contribution in [0.15, 0.2) is 4.52 Å². The van der Waals surface area contributed by atoms with Gasteiger partial charge in [0.05, 0.1) is 5.54 Å². The lowest BCUT2D eigenvalue weighted by Gasteiger charge is -2.29. The third-order valence-electron chi connectivity index (χ3n) is 3.83. The molecular weight excluding hydrogens is 218 g/mol. The molecule has 1 saturated carbocycles. The van der Waals surface area contributed by atoms with Gasteiger partial charge in [0.25, 0.3) is 0 Å². The lowest BCUT2D eigenvalue weighted by Crippen LogP contribution is -2.39. The van der Waals surface area contributed by atoms with Crippen LogP contribution >= 0.6 is 0 Å². The molecule has 17 heavy (non-hydrogen) atoms. The highest BCUT2D eigenvalue weighted by Crippen LogP contribution is 2.35. The van der Waals surface area contributed by atoms with Crippen molar-refractivity contribution >= 4 is 0 Å². The maximum atomic E-state index is 6.36. The summed E-state index contributed by atoms with van der Waals surface area (Å²) < 4.78 is 10.9. The van der Waals surface area contributed by atoms with Gasteiger partial charge in [-0.3, -0.25) is 0 Å². The number of hydrogen-bond donors (Lipinski definition) is 1. The zero-order valence-electron chi connectivity index (χ0n) is 10.0. The van der Waals surface area contributed by atoms with Gasteiger partial charge in [-0.05, 0) is 25.7 Å². The van der Waals surface area contributed by atoms with Gasteiger partial charge in [0.1, 0.15) is 6.10 Å². The van der Waals surface area contributed by atoms with E-state index in [1.54, 1.807) is 0 Å². The van der Waals surface area contributed by atoms with Crippen molar-refractivity contribution in [2.45, 2.75) is 56.6 Å². The van der Waals surface area contributed by atoms with E-state index < -0.39 is 5.54 Å². The number of nitrogens with zero attached hydrogens (tertiary/aromatic N) is 2. The largest absolute Gasteiger partial charge is 0.370 e. The minimum atomic E-state index is -0.401. The molecule has 0 amide bonds. The standard InChI is InChI=1S/C12H19N3O2/c13-12(6-2-1-3-7-12)11-14-10(15-17-11)9-5-4-8-16-9/h9H,1-8,13H2. The van der Waals surface area contributed by atoms with E-state index in [4.69, 9.17) is 15.0 Å². The van der Waals surface area contributed by atoms with Crippen LogP contribution in [0.4, 0.5) is 0 Å². The summed E-state index contributed by atoms with van der Waals surface area (Å²) in [5.74, 6) is 1.27. The van der Waals surface area contributed by atoms with Crippen molar-refractivity contribution in [2.75, 3.05) is 6.61 Å². The Kier molecular flexibility index (Phi) is 2.88. The van der Waals surface area contributed by atoms with Crippen LogP contribution in [0, 0.1) is 0 Å². The zero-order valence-corrected chi connectivity index (χ0v) is 10.0. The van der Waals surface area contributed by atoms with E-state index in [-0.39, 0.29) is 6.10 Å². The Bertz CT molecular complexity index is 379. The van der Waals surface area contributed by atoms with Gasteiger partial charge in [-0.2, -0.15) is 4.98 Å². The number of hydrogen-bond acceptors (Lipinski definition) is 5. The minimum absolute atomic E-state index is 0.0136. The summed E-state index contributed by atoms with van der Waals surface area (Å²) in [5.41, 5.74) is 5.95. The SMILES string of the molecule is NC1(c2nc(C3CCCO3)no2)CCCCC1. The highest BCUT2D eigenvalue weighted by Gasteiger charge is 2.36. The van der Waals surface area contributed by atoms with Gasteiger partial charge in [-0.25, -0.2) is 0 Å². The molecule has 0 bridgehead atoms. The molecular formula is C12H19N3O2. The van der Waals surface area contributed by atoms with Crippen LogP contribution in [0.2, 0.25) is 0 Å². The Labute approximate surface area is 101 Å². The van der Waals surface area contributed by atoms with E-state index in [9.17, 15) is 0 Å². The average Bonchev–Trinajstić information content (AvgIpc) is 3.01. The molecule has 94 valence electrons. The molecule has 2 N–H and O–H groups in total. The summed E-state index contributed by atoms with van der Waals surface area (Å²) in [6.45, 7) is 0.794. The van der Waals surface area contributed by atoms with E-state index in [0.29, 0.717) is 11.7 Å². The normalized spacial score (nSPS) is 28.4. The Morgan fingerprint density at radius 2 is 2.00 bits per heavy atom. The first kappa shape index (κ1) is 11.2. The molecule has 3 rings (SSSR count). The lowest BCUT2D eigenvalue weighted by atomic mass is 9.82. The number of nitrogens with two attached hydrogens (primary N) is 1. The molecule has 2 aliphatic rings. The van der Waals surface area contributed by atoms with Crippen LogP contribution in [0.3, 0.4) is 0 Å². The van der Waals surface area contributed by atoms with Gasteiger partial charge in [-0.15, -0.1) is 0 Å². The first-order chi connectivity index (χ1) is 8.28. The Hall–Kier alpha value is -0.940. The highest BCUT2D eigenvalue weighted by molar-refractivity contribution is 5.05. The zero-order chi connectivity index (χ0) is 11.7. The van der Waals surface area contributed by atoms with Crippen LogP contribution in [0.1, 0.15) is 62.8 Å². The first-order valence-corrected chi connectivity index (χ1v) is 6.52. The molecule has 5 nitrogen and oxygen atoms in total. The van der Waals surface area contributed by atoms with E-state index in [2.05, 4.69) is 10.1 Å². The molecule has 1 atom stereocenters. The summed E-state index contributed by atoms with van der Waals surface area (Å²) in [6.07, 6.45) is 7.51. The van der Waals surface area contributed by atoms with E-state index >= 15 is 0 Å². The summed E-state index contributed by atoms with van der Waals surface area (Å²) in [6, 6.07) is 0. The fourth-order valence-electron chi connectivity index (χ4n) is 2.75. The first-order valence-electron chi connectivity index (χ1n) is 6.52. The molecule has 1 aromatic heterocycles. The molecule has 1 aromatic rings. The smallest absolute Gasteiger partial charge is 0.246 e. The second-order valence-electron chi connectivity index (χ2n) is 5.18. The quantitative estimate of drug-likeness (QED) is 0.852. The maximum absolute atomic E-state index is 6.36. The van der Waals surface area contributed by atoms with Gasteiger partial charge in [-0.1, -0.05) is 24.4 Å². The molecule has 1 unspecified atom stereocenters. The van der Waals surface area contributed by atoms with Gasteiger partial charge in [0, 0.05) is 6.61 Å². The van der Waals surface area contributed by atoms with Crippen LogP contribution in [0.5, 0.6) is 0 Å². The number of rotatable bonds is 2. The molecule has 2 heterocycles. The molecule has 0 radical (unpaired) electrons. The Morgan fingerprint density at radius 1 is 1.18 bits per heavy atom. The van der Waals surface area contributed by atoms with Gasteiger partial charge in [0.2, 0.25) is 11.7 Å². The predicted molar refractivity (Wildman–Crippen MR) is 61.2 cm³/mol. The lowest BCUT2D eigenvalue weighted by molar-refractivity contribution is 0.103. The Morgan fingerprint density at radius 3 is 2.71 bits per heavy atom. The molecule has 5 heteroatoms. The monoisotopic (exact) mass is 237 g/mol. The van der Waals surface area contributed by atoms with Crippen molar-refractivity contribution in [3.05, 3.63) is 11.7 Å². The second kappa shape index (κ2) is 4.38. The maximum Gasteiger partial charge on any atom is 0.246 e. The van der Waals surface area contributed by atoms with Gasteiger partial charge >= 0.3 is 0 Å². The molecule has 2 fully saturated rings. The van der Waals surface area contributed by atoms with Crippen LogP contribution in [-0.4, -0.2) is 16.7 Å². The fraction of sp³-hybridized carbons (Fsp3) is 0.833. The van der Waals surface area contributed by atoms with Crippen molar-refractivity contribution in [1.82, 2.24) is 10.1 Å². The minimum Gasteiger partial charge on any atom is -0.370 e. The van der Waals surface area contributed by atoms with E-state index in [0.717, 1.165) is 45.1 Å². The Balaban J connectivity index is 1.78.